The van der Waals surface area contributed by atoms with E-state index in [0.29, 0.717) is 30.2 Å². The second-order valence-electron chi connectivity index (χ2n) is 14.0. The SMILES string of the molecule is CCCCN(C(=O)CCCCCc1ccccc1)[C@H]1CC[C@H]2[C@H]3Cc4ccc(OC)c5c4[C@@]2(CCN3CC2CC2O)[C@H]1O5. The number of carbonyl (C=O) groups excluding carboxylic acids is 1. The predicted octanol–water partition coefficient (Wildman–Crippen LogP) is 5.92. The van der Waals surface area contributed by atoms with Crippen LogP contribution >= 0.6 is 0 Å². The zero-order chi connectivity index (χ0) is 29.6. The lowest BCUT2D eigenvalue weighted by molar-refractivity contribution is -0.143. The first-order valence-electron chi connectivity index (χ1n) is 17.2. The summed E-state index contributed by atoms with van der Waals surface area (Å²) >= 11 is 0. The van der Waals surface area contributed by atoms with Gasteiger partial charge in [-0.2, -0.15) is 0 Å². The summed E-state index contributed by atoms with van der Waals surface area (Å²) in [6, 6.07) is 15.6. The second kappa shape index (κ2) is 12.1. The number of rotatable bonds is 13. The Labute approximate surface area is 257 Å². The molecule has 2 bridgehead atoms. The van der Waals surface area contributed by atoms with Crippen LogP contribution in [0.3, 0.4) is 0 Å². The van der Waals surface area contributed by atoms with Gasteiger partial charge >= 0.3 is 0 Å². The zero-order valence-corrected chi connectivity index (χ0v) is 26.2. The third-order valence-electron chi connectivity index (χ3n) is 11.6. The average molecular weight is 587 g/mol. The van der Waals surface area contributed by atoms with E-state index in [-0.39, 0.29) is 23.7 Å². The topological polar surface area (TPSA) is 62.2 Å². The smallest absolute Gasteiger partial charge is 0.222 e. The van der Waals surface area contributed by atoms with Gasteiger partial charge in [-0.3, -0.25) is 9.69 Å². The fraction of sp³-hybridized carbons (Fsp3) is 0.649. The van der Waals surface area contributed by atoms with Crippen LogP contribution in [0.15, 0.2) is 42.5 Å². The van der Waals surface area contributed by atoms with Gasteiger partial charge in [0.05, 0.1) is 19.3 Å². The molecule has 3 aliphatic carbocycles. The fourth-order valence-electron chi connectivity index (χ4n) is 9.40. The van der Waals surface area contributed by atoms with Gasteiger partial charge in [-0.15, -0.1) is 0 Å². The van der Waals surface area contributed by atoms with E-state index in [1.807, 2.05) is 0 Å². The van der Waals surface area contributed by atoms with E-state index in [4.69, 9.17) is 9.47 Å². The number of benzene rings is 2. The Morgan fingerprint density at radius 3 is 2.72 bits per heavy atom. The summed E-state index contributed by atoms with van der Waals surface area (Å²) in [5, 5.41) is 10.1. The van der Waals surface area contributed by atoms with Crippen LogP contribution < -0.4 is 9.47 Å². The van der Waals surface area contributed by atoms with Crippen LogP contribution in [-0.2, 0) is 23.1 Å². The third-order valence-corrected chi connectivity index (χ3v) is 11.6. The molecule has 7 atom stereocenters. The summed E-state index contributed by atoms with van der Waals surface area (Å²) < 4.78 is 13.0. The van der Waals surface area contributed by atoms with Crippen LogP contribution in [0, 0.1) is 11.8 Å². The largest absolute Gasteiger partial charge is 0.493 e. The number of aryl methyl sites for hydroxylation is 1. The van der Waals surface area contributed by atoms with E-state index >= 15 is 0 Å². The summed E-state index contributed by atoms with van der Waals surface area (Å²) in [6.45, 7) is 5.09. The van der Waals surface area contributed by atoms with Crippen molar-refractivity contribution in [1.82, 2.24) is 9.80 Å². The maximum Gasteiger partial charge on any atom is 0.222 e. The van der Waals surface area contributed by atoms with Gasteiger partial charge in [-0.1, -0.05) is 56.2 Å². The highest BCUT2D eigenvalue weighted by atomic mass is 16.5. The number of carbonyl (C=O) groups is 1. The molecule has 6 nitrogen and oxygen atoms in total. The summed E-state index contributed by atoms with van der Waals surface area (Å²) in [6.07, 6.45) is 12.0. The standard InChI is InChI=1S/C37H50N2O4/c1-3-4-20-39(33(41)14-10-6-9-13-25-11-7-5-8-12-25)29-17-16-28-30-22-26-15-18-32(42-2)35-34(26)37(28,36(29)43-35)19-21-38(30)24-27-23-31(27)40/h5,7-8,11-12,15,18,27-31,36,40H,3-4,6,9-10,13-14,16-17,19-24H2,1-2H3/t27?,28-,29-,30+,31?,36-,37-/m0/s1. The second-order valence-corrected chi connectivity index (χ2v) is 14.0. The lowest BCUT2D eigenvalue weighted by Gasteiger charge is -2.60. The molecule has 1 amide bonds. The highest BCUT2D eigenvalue weighted by Gasteiger charge is 2.66. The van der Waals surface area contributed by atoms with E-state index in [2.05, 4.69) is 59.2 Å². The van der Waals surface area contributed by atoms with Crippen LogP contribution in [0.5, 0.6) is 11.5 Å². The maximum atomic E-state index is 14.0. The molecule has 3 fully saturated rings. The first kappa shape index (κ1) is 29.2. The lowest BCUT2D eigenvalue weighted by atomic mass is 9.51. The van der Waals surface area contributed by atoms with E-state index < -0.39 is 0 Å². The summed E-state index contributed by atoms with van der Waals surface area (Å²) in [5.41, 5.74) is 4.13. The van der Waals surface area contributed by atoms with Crippen LogP contribution in [0.1, 0.15) is 87.8 Å². The normalized spacial score (nSPS) is 31.7. The molecular formula is C37H50N2O4. The van der Waals surface area contributed by atoms with Crippen molar-refractivity contribution in [2.75, 3.05) is 26.7 Å². The van der Waals surface area contributed by atoms with E-state index in [9.17, 15) is 9.90 Å². The van der Waals surface area contributed by atoms with Gasteiger partial charge in [0.1, 0.15) is 6.10 Å². The number of methoxy groups -OCH3 is 1. The van der Waals surface area contributed by atoms with Crippen molar-refractivity contribution in [2.24, 2.45) is 11.8 Å². The molecule has 1 saturated heterocycles. The molecule has 1 spiro atoms. The van der Waals surface area contributed by atoms with Gasteiger partial charge in [0.2, 0.25) is 5.91 Å². The number of ether oxygens (including phenoxy) is 2. The molecule has 2 aliphatic heterocycles. The average Bonchev–Trinajstić information content (AvgIpc) is 3.61. The van der Waals surface area contributed by atoms with Crippen molar-refractivity contribution >= 4 is 5.91 Å². The summed E-state index contributed by atoms with van der Waals surface area (Å²) in [4.78, 5) is 19.0. The molecule has 5 aliphatic rings. The molecular weight excluding hydrogens is 536 g/mol. The fourth-order valence-corrected chi connectivity index (χ4v) is 9.40. The van der Waals surface area contributed by atoms with E-state index in [1.165, 1.54) is 16.7 Å². The summed E-state index contributed by atoms with van der Waals surface area (Å²) in [5.74, 6) is 3.05. The van der Waals surface area contributed by atoms with Gasteiger partial charge in [0.25, 0.3) is 0 Å². The summed E-state index contributed by atoms with van der Waals surface area (Å²) in [7, 11) is 1.75. The van der Waals surface area contributed by atoms with Crippen LogP contribution in [0.25, 0.3) is 0 Å². The third kappa shape index (κ3) is 5.16. The number of nitrogens with zero attached hydrogens (tertiary/aromatic N) is 2. The number of unbranched alkanes of at least 4 members (excludes halogenated alkanes) is 3. The van der Waals surface area contributed by atoms with E-state index in [1.54, 1.807) is 7.11 Å². The molecule has 1 N–H and O–H groups in total. The number of likely N-dealkylation sites (tertiary alicyclic amines) is 1. The van der Waals surface area contributed by atoms with Gasteiger partial charge in [0.15, 0.2) is 11.5 Å². The van der Waals surface area contributed by atoms with Crippen molar-refractivity contribution in [3.05, 3.63) is 59.2 Å². The van der Waals surface area contributed by atoms with Crippen LogP contribution in [0.4, 0.5) is 0 Å². The maximum absolute atomic E-state index is 14.0. The Hall–Kier alpha value is -2.57. The van der Waals surface area contributed by atoms with Crippen LogP contribution in [0.2, 0.25) is 0 Å². The quantitative estimate of drug-likeness (QED) is 0.296. The van der Waals surface area contributed by atoms with Crippen molar-refractivity contribution in [3.8, 4) is 11.5 Å². The molecule has 7 rings (SSSR count). The Balaban J connectivity index is 1.12. The van der Waals surface area contributed by atoms with E-state index in [0.717, 1.165) is 102 Å². The molecule has 232 valence electrons. The Bertz CT molecular complexity index is 1300. The monoisotopic (exact) mass is 586 g/mol. The van der Waals surface area contributed by atoms with Crippen LogP contribution in [-0.4, -0.2) is 71.8 Å². The number of aliphatic hydroxyl groups is 1. The molecule has 6 heteroatoms. The molecule has 0 aromatic heterocycles. The Morgan fingerprint density at radius 2 is 1.95 bits per heavy atom. The number of piperidine rings is 1. The van der Waals surface area contributed by atoms with Gasteiger partial charge in [0, 0.05) is 42.4 Å². The minimum absolute atomic E-state index is 0.0216. The van der Waals surface area contributed by atoms with Gasteiger partial charge in [-0.05, 0) is 87.4 Å². The molecule has 2 saturated carbocycles. The van der Waals surface area contributed by atoms with Crippen molar-refractivity contribution < 1.29 is 19.4 Å². The van der Waals surface area contributed by atoms with Crippen molar-refractivity contribution in [1.29, 1.82) is 0 Å². The molecule has 43 heavy (non-hydrogen) atoms. The first-order valence-corrected chi connectivity index (χ1v) is 17.2. The Morgan fingerprint density at radius 1 is 1.12 bits per heavy atom. The number of aliphatic hydroxyl groups excluding tert-OH is 1. The minimum Gasteiger partial charge on any atom is -0.493 e. The molecule has 0 radical (unpaired) electrons. The predicted molar refractivity (Wildman–Crippen MR) is 169 cm³/mol. The Kier molecular flexibility index (Phi) is 8.19. The minimum atomic E-state index is -0.114. The van der Waals surface area contributed by atoms with Crippen molar-refractivity contribution in [3.63, 3.8) is 0 Å². The van der Waals surface area contributed by atoms with Crippen molar-refractivity contribution in [2.45, 2.75) is 114 Å². The highest BCUT2D eigenvalue weighted by molar-refractivity contribution is 5.77. The number of amides is 1. The molecule has 2 aromatic carbocycles. The van der Waals surface area contributed by atoms with Gasteiger partial charge in [-0.25, -0.2) is 0 Å². The lowest BCUT2D eigenvalue weighted by Crippen LogP contribution is -2.69. The first-order chi connectivity index (χ1) is 21.0. The zero-order valence-electron chi connectivity index (χ0n) is 26.2. The van der Waals surface area contributed by atoms with Gasteiger partial charge < -0.3 is 19.5 Å². The molecule has 2 unspecified atom stereocenters. The molecule has 2 aromatic rings. The number of hydrogen-bond donors (Lipinski definition) is 1. The number of hydrogen-bond acceptors (Lipinski definition) is 5. The highest BCUT2D eigenvalue weighted by Crippen LogP contribution is 2.64. The molecule has 2 heterocycles.